The predicted octanol–water partition coefficient (Wildman–Crippen LogP) is 2.79. The van der Waals surface area contributed by atoms with Crippen molar-refractivity contribution in [2.45, 2.75) is 23.1 Å². The van der Waals surface area contributed by atoms with Crippen LogP contribution in [0.3, 0.4) is 0 Å². The summed E-state index contributed by atoms with van der Waals surface area (Å²) in [4.78, 5) is 14.2. The molecule has 0 radical (unpaired) electrons. The third-order valence-electron chi connectivity index (χ3n) is 4.33. The van der Waals surface area contributed by atoms with E-state index in [1.54, 1.807) is 0 Å². The van der Waals surface area contributed by atoms with E-state index in [0.717, 1.165) is 33.7 Å². The number of hydrogen-bond acceptors (Lipinski definition) is 7. The second-order valence-corrected chi connectivity index (χ2v) is 7.06. The van der Waals surface area contributed by atoms with E-state index in [1.165, 1.54) is 18.1 Å². The van der Waals surface area contributed by atoms with Crippen molar-refractivity contribution in [3.8, 4) is 11.5 Å². The molecule has 3 aromatic heterocycles. The molecule has 0 amide bonds. The van der Waals surface area contributed by atoms with Crippen molar-refractivity contribution in [2.75, 3.05) is 12.5 Å². The molecular weight excluding hydrogens is 364 g/mol. The molecule has 0 unspecified atom stereocenters. The molecule has 136 valence electrons. The lowest BCUT2D eigenvalue weighted by Crippen LogP contribution is -2.07. The molecule has 0 saturated heterocycles. The number of ether oxygens (including phenoxy) is 2. The number of rotatable bonds is 5. The maximum atomic E-state index is 6.02. The molecule has 1 aromatic carbocycles. The summed E-state index contributed by atoms with van der Waals surface area (Å²) in [5, 5.41) is 0.809. The van der Waals surface area contributed by atoms with E-state index in [1.807, 2.05) is 42.7 Å². The van der Waals surface area contributed by atoms with Gasteiger partial charge >= 0.3 is 0 Å². The Morgan fingerprint density at radius 2 is 1.93 bits per heavy atom. The summed E-state index contributed by atoms with van der Waals surface area (Å²) in [5.74, 6) is 1.89. The molecule has 0 saturated carbocycles. The molecule has 9 heteroatoms. The molecule has 0 atom stereocenters. The fourth-order valence-electron chi connectivity index (χ4n) is 2.99. The van der Waals surface area contributed by atoms with E-state index in [9.17, 15) is 0 Å². The Morgan fingerprint density at radius 3 is 2.81 bits per heavy atom. The van der Waals surface area contributed by atoms with Crippen molar-refractivity contribution in [3.05, 3.63) is 49.1 Å². The average molecular weight is 380 g/mol. The Hall–Kier alpha value is -3.20. The van der Waals surface area contributed by atoms with Crippen LogP contribution in [0.15, 0.2) is 59.1 Å². The first-order valence-electron chi connectivity index (χ1n) is 8.43. The summed E-state index contributed by atoms with van der Waals surface area (Å²) in [6, 6.07) is 9.87. The number of nitrogen functional groups attached to an aromatic ring is 1. The van der Waals surface area contributed by atoms with Gasteiger partial charge in [-0.25, -0.2) is 15.0 Å². The molecule has 8 nitrogen and oxygen atoms in total. The number of anilines is 1. The molecule has 0 bridgehead atoms. The zero-order chi connectivity index (χ0) is 18.2. The highest BCUT2D eigenvalue weighted by atomic mass is 32.2. The summed E-state index contributed by atoms with van der Waals surface area (Å²) >= 11 is 1.54. The fourth-order valence-corrected chi connectivity index (χ4v) is 3.93. The summed E-state index contributed by atoms with van der Waals surface area (Å²) < 4.78 is 15.0. The number of aromatic nitrogens is 5. The Kier molecular flexibility index (Phi) is 3.86. The Bertz CT molecular complexity index is 1110. The van der Waals surface area contributed by atoms with Crippen LogP contribution in [0, 0.1) is 0 Å². The van der Waals surface area contributed by atoms with Crippen molar-refractivity contribution >= 4 is 28.7 Å². The van der Waals surface area contributed by atoms with Crippen LogP contribution in [0.25, 0.3) is 11.2 Å². The van der Waals surface area contributed by atoms with Gasteiger partial charge in [0.1, 0.15) is 6.33 Å². The van der Waals surface area contributed by atoms with Gasteiger partial charge in [-0.2, -0.15) is 0 Å². The highest BCUT2D eigenvalue weighted by Gasteiger charge is 2.18. The standard InChI is InChI=1S/C18H16N6O2S/c19-16-15-17(21-10-20-16)24(8-7-23-5-1-2-6-23)18(22-15)27-12-3-4-13-14(9-12)26-11-25-13/h1-6,9-10H,7-8,11H2,(H2,19,20,21). The van der Waals surface area contributed by atoms with E-state index in [-0.39, 0.29) is 6.79 Å². The van der Waals surface area contributed by atoms with Crippen molar-refractivity contribution in [1.29, 1.82) is 0 Å². The molecule has 1 aliphatic heterocycles. The number of imidazole rings is 1. The molecule has 4 heterocycles. The van der Waals surface area contributed by atoms with Crippen LogP contribution in [0.2, 0.25) is 0 Å². The van der Waals surface area contributed by atoms with Crippen LogP contribution in [0.1, 0.15) is 0 Å². The zero-order valence-electron chi connectivity index (χ0n) is 14.3. The number of benzene rings is 1. The van der Waals surface area contributed by atoms with E-state index >= 15 is 0 Å². The van der Waals surface area contributed by atoms with Gasteiger partial charge in [-0.15, -0.1) is 0 Å². The number of fused-ring (bicyclic) bond motifs is 2. The van der Waals surface area contributed by atoms with Crippen molar-refractivity contribution < 1.29 is 9.47 Å². The monoisotopic (exact) mass is 380 g/mol. The van der Waals surface area contributed by atoms with Crippen LogP contribution in [0.4, 0.5) is 5.82 Å². The highest BCUT2D eigenvalue weighted by Crippen LogP contribution is 2.38. The summed E-state index contributed by atoms with van der Waals surface area (Å²) in [6.45, 7) is 1.77. The van der Waals surface area contributed by atoms with Gasteiger partial charge in [0.15, 0.2) is 33.6 Å². The first kappa shape index (κ1) is 16.0. The summed E-state index contributed by atoms with van der Waals surface area (Å²) in [6.07, 6.45) is 5.54. The van der Waals surface area contributed by atoms with Crippen molar-refractivity contribution in [1.82, 2.24) is 24.1 Å². The van der Waals surface area contributed by atoms with Gasteiger partial charge in [-0.05, 0) is 30.3 Å². The minimum Gasteiger partial charge on any atom is -0.454 e. The lowest BCUT2D eigenvalue weighted by atomic mass is 10.3. The van der Waals surface area contributed by atoms with Crippen LogP contribution in [-0.2, 0) is 13.1 Å². The summed E-state index contributed by atoms with van der Waals surface area (Å²) in [7, 11) is 0. The number of nitrogens with two attached hydrogens (primary N) is 1. The number of hydrogen-bond donors (Lipinski definition) is 1. The molecule has 0 fully saturated rings. The maximum absolute atomic E-state index is 6.02. The predicted molar refractivity (Wildman–Crippen MR) is 101 cm³/mol. The number of nitrogens with zero attached hydrogens (tertiary/aromatic N) is 5. The van der Waals surface area contributed by atoms with Gasteiger partial charge < -0.3 is 24.3 Å². The normalized spacial score (nSPS) is 12.7. The van der Waals surface area contributed by atoms with Gasteiger partial charge in [0.25, 0.3) is 0 Å². The maximum Gasteiger partial charge on any atom is 0.231 e. The van der Waals surface area contributed by atoms with E-state index in [0.29, 0.717) is 17.9 Å². The zero-order valence-corrected chi connectivity index (χ0v) is 15.1. The molecule has 0 spiro atoms. The van der Waals surface area contributed by atoms with Crippen molar-refractivity contribution in [3.63, 3.8) is 0 Å². The first-order chi connectivity index (χ1) is 13.3. The van der Waals surface area contributed by atoms with Gasteiger partial charge in [-0.3, -0.25) is 0 Å². The van der Waals surface area contributed by atoms with Gasteiger partial charge in [0.05, 0.1) is 0 Å². The fraction of sp³-hybridized carbons (Fsp3) is 0.167. The molecule has 5 rings (SSSR count). The van der Waals surface area contributed by atoms with Gasteiger partial charge in [0.2, 0.25) is 6.79 Å². The Balaban J connectivity index is 1.52. The van der Waals surface area contributed by atoms with Crippen LogP contribution in [-0.4, -0.2) is 30.9 Å². The lowest BCUT2D eigenvalue weighted by Gasteiger charge is -2.09. The third kappa shape index (κ3) is 2.95. The average Bonchev–Trinajstić information content (AvgIpc) is 3.40. The van der Waals surface area contributed by atoms with E-state index in [2.05, 4.69) is 19.1 Å². The van der Waals surface area contributed by atoms with Gasteiger partial charge in [0, 0.05) is 30.4 Å². The van der Waals surface area contributed by atoms with E-state index < -0.39 is 0 Å². The lowest BCUT2D eigenvalue weighted by molar-refractivity contribution is 0.174. The minimum atomic E-state index is 0.255. The van der Waals surface area contributed by atoms with Crippen LogP contribution < -0.4 is 15.2 Å². The molecule has 27 heavy (non-hydrogen) atoms. The van der Waals surface area contributed by atoms with E-state index in [4.69, 9.17) is 20.2 Å². The van der Waals surface area contributed by atoms with Crippen LogP contribution in [0.5, 0.6) is 11.5 Å². The molecule has 1 aliphatic rings. The first-order valence-corrected chi connectivity index (χ1v) is 9.24. The molecule has 4 aromatic rings. The quantitative estimate of drug-likeness (QED) is 0.569. The van der Waals surface area contributed by atoms with Crippen LogP contribution >= 0.6 is 11.8 Å². The van der Waals surface area contributed by atoms with Crippen molar-refractivity contribution in [2.24, 2.45) is 0 Å². The molecular formula is C18H16N6O2S. The largest absolute Gasteiger partial charge is 0.454 e. The second kappa shape index (κ2) is 6.51. The minimum absolute atomic E-state index is 0.255. The third-order valence-corrected chi connectivity index (χ3v) is 5.31. The SMILES string of the molecule is Nc1ncnc2c1nc(Sc1ccc3c(c1)OCO3)n2CCn1cccc1. The second-order valence-electron chi connectivity index (χ2n) is 6.02. The molecule has 2 N–H and O–H groups in total. The number of aryl methyl sites for hydroxylation is 2. The Labute approximate surface area is 159 Å². The molecule has 0 aliphatic carbocycles. The highest BCUT2D eigenvalue weighted by molar-refractivity contribution is 7.99. The Morgan fingerprint density at radius 1 is 1.07 bits per heavy atom. The summed E-state index contributed by atoms with van der Waals surface area (Å²) in [5.41, 5.74) is 7.37. The smallest absolute Gasteiger partial charge is 0.231 e. The topological polar surface area (TPSA) is 93.0 Å². The van der Waals surface area contributed by atoms with Gasteiger partial charge in [-0.1, -0.05) is 11.8 Å².